The highest BCUT2D eigenvalue weighted by Crippen LogP contribution is 2.16. The van der Waals surface area contributed by atoms with Gasteiger partial charge in [-0.2, -0.15) is 0 Å². The van der Waals surface area contributed by atoms with Gasteiger partial charge in [0.25, 0.3) is 0 Å². The summed E-state index contributed by atoms with van der Waals surface area (Å²) >= 11 is 0. The summed E-state index contributed by atoms with van der Waals surface area (Å²) in [7, 11) is 1.74. The lowest BCUT2D eigenvalue weighted by Crippen LogP contribution is -2.47. The number of carbonyl (C=O) groups is 1. The van der Waals surface area contributed by atoms with Gasteiger partial charge in [-0.3, -0.25) is 9.79 Å². The fourth-order valence-electron chi connectivity index (χ4n) is 3.35. The predicted octanol–water partition coefficient (Wildman–Crippen LogP) is 1.98. The van der Waals surface area contributed by atoms with Crippen molar-refractivity contribution < 1.29 is 9.18 Å². The number of benzene rings is 2. The molecule has 1 aliphatic heterocycles. The van der Waals surface area contributed by atoms with Crippen LogP contribution in [-0.2, 0) is 17.8 Å². The monoisotopic (exact) mass is 397 g/mol. The van der Waals surface area contributed by atoms with Gasteiger partial charge in [-0.05, 0) is 54.3 Å². The van der Waals surface area contributed by atoms with Gasteiger partial charge in [0.1, 0.15) is 5.82 Å². The van der Waals surface area contributed by atoms with Crippen LogP contribution in [0.2, 0.25) is 0 Å². The van der Waals surface area contributed by atoms with Gasteiger partial charge < -0.3 is 20.9 Å². The van der Waals surface area contributed by atoms with Crippen LogP contribution in [-0.4, -0.2) is 45.1 Å². The summed E-state index contributed by atoms with van der Waals surface area (Å²) in [5.74, 6) is 0.584. The van der Waals surface area contributed by atoms with Crippen molar-refractivity contribution in [3.8, 4) is 0 Å². The molecule has 7 heteroatoms. The topological polar surface area (TPSA) is 68.8 Å². The van der Waals surface area contributed by atoms with Gasteiger partial charge in [0, 0.05) is 38.9 Å². The molecule has 0 saturated carbocycles. The number of halogens is 1. The fourth-order valence-corrected chi connectivity index (χ4v) is 3.35. The normalized spacial score (nSPS) is 14.5. The lowest BCUT2D eigenvalue weighted by atomic mass is 10.1. The molecular weight excluding hydrogens is 369 g/mol. The SMILES string of the molecule is CN=C(NCCc1ccc(F)cc1C)NCc1ccc(N2CCNC(=O)C2)cc1. The van der Waals surface area contributed by atoms with Crippen LogP contribution in [0.3, 0.4) is 0 Å². The quantitative estimate of drug-likeness (QED) is 0.515. The Morgan fingerprint density at radius 1 is 1.21 bits per heavy atom. The van der Waals surface area contributed by atoms with E-state index in [-0.39, 0.29) is 11.7 Å². The van der Waals surface area contributed by atoms with Gasteiger partial charge in [-0.1, -0.05) is 18.2 Å². The summed E-state index contributed by atoms with van der Waals surface area (Å²) in [4.78, 5) is 17.9. The first-order valence-electron chi connectivity index (χ1n) is 9.85. The smallest absolute Gasteiger partial charge is 0.239 e. The third-order valence-corrected chi connectivity index (χ3v) is 5.01. The lowest BCUT2D eigenvalue weighted by molar-refractivity contribution is -0.120. The molecule has 29 heavy (non-hydrogen) atoms. The van der Waals surface area contributed by atoms with E-state index in [0.717, 1.165) is 41.3 Å². The van der Waals surface area contributed by atoms with E-state index in [1.54, 1.807) is 13.1 Å². The van der Waals surface area contributed by atoms with Crippen LogP contribution in [0.25, 0.3) is 0 Å². The van der Waals surface area contributed by atoms with E-state index in [4.69, 9.17) is 0 Å². The van der Waals surface area contributed by atoms with E-state index in [9.17, 15) is 9.18 Å². The molecular formula is C22H28FN5O. The Labute approximate surface area is 171 Å². The number of nitrogens with zero attached hydrogens (tertiary/aromatic N) is 2. The van der Waals surface area contributed by atoms with Crippen LogP contribution in [0.1, 0.15) is 16.7 Å². The summed E-state index contributed by atoms with van der Waals surface area (Å²) < 4.78 is 13.2. The molecule has 6 nitrogen and oxygen atoms in total. The molecule has 0 atom stereocenters. The molecule has 0 spiro atoms. The van der Waals surface area contributed by atoms with Crippen molar-refractivity contribution in [3.05, 3.63) is 65.0 Å². The predicted molar refractivity (Wildman–Crippen MR) is 115 cm³/mol. The number of rotatable bonds is 6. The number of hydrogen-bond donors (Lipinski definition) is 3. The molecule has 154 valence electrons. The number of hydrogen-bond acceptors (Lipinski definition) is 3. The second-order valence-corrected chi connectivity index (χ2v) is 7.11. The molecule has 1 heterocycles. The lowest BCUT2D eigenvalue weighted by Gasteiger charge is -2.28. The molecule has 1 fully saturated rings. The summed E-state index contributed by atoms with van der Waals surface area (Å²) in [5.41, 5.74) is 4.27. The van der Waals surface area contributed by atoms with Gasteiger partial charge in [-0.15, -0.1) is 0 Å². The third-order valence-electron chi connectivity index (χ3n) is 5.01. The number of nitrogens with one attached hydrogen (secondary N) is 3. The third kappa shape index (κ3) is 5.94. The molecule has 2 aromatic carbocycles. The zero-order chi connectivity index (χ0) is 20.6. The number of anilines is 1. The van der Waals surface area contributed by atoms with Crippen LogP contribution >= 0.6 is 0 Å². The maximum Gasteiger partial charge on any atom is 0.239 e. The van der Waals surface area contributed by atoms with E-state index < -0.39 is 0 Å². The molecule has 1 aliphatic rings. The van der Waals surface area contributed by atoms with Gasteiger partial charge in [0.05, 0.1) is 6.54 Å². The number of guanidine groups is 1. The highest BCUT2D eigenvalue weighted by molar-refractivity contribution is 5.82. The van der Waals surface area contributed by atoms with E-state index in [1.807, 2.05) is 25.1 Å². The van der Waals surface area contributed by atoms with Crippen molar-refractivity contribution in [2.24, 2.45) is 4.99 Å². The minimum absolute atomic E-state index is 0.0627. The van der Waals surface area contributed by atoms with Crippen molar-refractivity contribution in [2.45, 2.75) is 19.9 Å². The molecule has 0 aliphatic carbocycles. The summed E-state index contributed by atoms with van der Waals surface area (Å²) in [6.07, 6.45) is 0.797. The molecule has 0 aromatic heterocycles. The van der Waals surface area contributed by atoms with Gasteiger partial charge in [0.15, 0.2) is 5.96 Å². The van der Waals surface area contributed by atoms with E-state index in [0.29, 0.717) is 26.2 Å². The van der Waals surface area contributed by atoms with Crippen LogP contribution in [0, 0.1) is 12.7 Å². The average molecular weight is 397 g/mol. The first kappa shape index (κ1) is 20.6. The number of piperazine rings is 1. The molecule has 3 N–H and O–H groups in total. The molecule has 1 amide bonds. The maximum atomic E-state index is 13.2. The highest BCUT2D eigenvalue weighted by atomic mass is 19.1. The Morgan fingerprint density at radius 3 is 2.69 bits per heavy atom. The number of aliphatic imine (C=N–C) groups is 1. The van der Waals surface area contributed by atoms with E-state index >= 15 is 0 Å². The average Bonchev–Trinajstić information content (AvgIpc) is 2.72. The minimum Gasteiger partial charge on any atom is -0.360 e. The number of amides is 1. The largest absolute Gasteiger partial charge is 0.360 e. The molecule has 2 aromatic rings. The molecule has 1 saturated heterocycles. The van der Waals surface area contributed by atoms with Crippen molar-refractivity contribution in [1.29, 1.82) is 0 Å². The maximum absolute atomic E-state index is 13.2. The second-order valence-electron chi connectivity index (χ2n) is 7.11. The summed E-state index contributed by atoms with van der Waals surface area (Å²) in [5, 5.41) is 9.43. The molecule has 0 radical (unpaired) electrons. The van der Waals surface area contributed by atoms with Gasteiger partial charge in [0.2, 0.25) is 5.91 Å². The molecule has 0 unspecified atom stereocenters. The van der Waals surface area contributed by atoms with Crippen LogP contribution in [0.4, 0.5) is 10.1 Å². The van der Waals surface area contributed by atoms with Crippen LogP contribution < -0.4 is 20.9 Å². The molecule has 0 bridgehead atoms. The standard InChI is InChI=1S/C22H28FN5O/c1-16-13-19(23)6-5-18(16)9-10-26-22(24-2)27-14-17-3-7-20(8-4-17)28-12-11-25-21(29)15-28/h3-8,13H,9-12,14-15H2,1-2H3,(H,25,29)(H2,24,26,27). The van der Waals surface area contributed by atoms with Crippen molar-refractivity contribution in [1.82, 2.24) is 16.0 Å². The zero-order valence-corrected chi connectivity index (χ0v) is 17.0. The zero-order valence-electron chi connectivity index (χ0n) is 17.0. The Balaban J connectivity index is 1.46. The Kier molecular flexibility index (Phi) is 7.05. The van der Waals surface area contributed by atoms with E-state index in [1.165, 1.54) is 6.07 Å². The summed E-state index contributed by atoms with van der Waals surface area (Å²) in [6.45, 7) is 5.19. The highest BCUT2D eigenvalue weighted by Gasteiger charge is 2.16. The van der Waals surface area contributed by atoms with Gasteiger partial charge in [-0.25, -0.2) is 4.39 Å². The van der Waals surface area contributed by atoms with Crippen molar-refractivity contribution in [3.63, 3.8) is 0 Å². The first-order chi connectivity index (χ1) is 14.0. The Morgan fingerprint density at radius 2 is 2.00 bits per heavy atom. The summed E-state index contributed by atoms with van der Waals surface area (Å²) in [6, 6.07) is 13.1. The molecule has 3 rings (SSSR count). The van der Waals surface area contributed by atoms with Crippen molar-refractivity contribution >= 4 is 17.6 Å². The van der Waals surface area contributed by atoms with Crippen molar-refractivity contribution in [2.75, 3.05) is 38.1 Å². The Hall–Kier alpha value is -3.09. The van der Waals surface area contributed by atoms with Crippen LogP contribution in [0.15, 0.2) is 47.5 Å². The first-order valence-corrected chi connectivity index (χ1v) is 9.85. The van der Waals surface area contributed by atoms with E-state index in [2.05, 4.69) is 38.0 Å². The van der Waals surface area contributed by atoms with Gasteiger partial charge >= 0.3 is 0 Å². The fraction of sp³-hybridized carbons (Fsp3) is 0.364. The van der Waals surface area contributed by atoms with Crippen LogP contribution in [0.5, 0.6) is 0 Å². The Bertz CT molecular complexity index is 866. The second kappa shape index (κ2) is 9.91. The number of aryl methyl sites for hydroxylation is 1. The number of carbonyl (C=O) groups excluding carboxylic acids is 1. The minimum atomic E-state index is -0.203.